The third-order valence-electron chi connectivity index (χ3n) is 4.06. The molecule has 29 heavy (non-hydrogen) atoms. The van der Waals surface area contributed by atoms with Gasteiger partial charge in [-0.25, -0.2) is 19.9 Å². The van der Waals surface area contributed by atoms with Gasteiger partial charge in [-0.15, -0.1) is 0 Å². The number of nitrogens with one attached hydrogen (secondary N) is 1. The number of rotatable bonds is 6. The molecule has 0 aliphatic rings. The lowest BCUT2D eigenvalue weighted by Gasteiger charge is -2.09. The molecule has 0 unspecified atom stereocenters. The summed E-state index contributed by atoms with van der Waals surface area (Å²) in [5.74, 6) is 0.602. The molecule has 1 aromatic carbocycles. The number of aromatic hydroxyl groups is 1. The monoisotopic (exact) mass is 468 g/mol. The molecule has 146 valence electrons. The average Bonchev–Trinajstić information content (AvgIpc) is 3.23. The number of anilines is 1. The molecule has 4 rings (SSSR count). The lowest BCUT2D eigenvalue weighted by Crippen LogP contribution is -1.98. The Balaban J connectivity index is 1.85. The van der Waals surface area contributed by atoms with E-state index in [2.05, 4.69) is 48.1 Å². The van der Waals surface area contributed by atoms with Crippen molar-refractivity contribution in [1.29, 1.82) is 0 Å². The first-order valence-corrected chi connectivity index (χ1v) is 10.6. The van der Waals surface area contributed by atoms with Crippen molar-refractivity contribution in [2.75, 3.05) is 11.9 Å². The highest BCUT2D eigenvalue weighted by Crippen LogP contribution is 2.37. The van der Waals surface area contributed by atoms with E-state index in [1.165, 1.54) is 11.3 Å². The first kappa shape index (κ1) is 19.4. The molecule has 7 nitrogen and oxygen atoms in total. The standard InChI is InChI=1S/C20H17BrN6OS/c1-2-6-24-20-25-11-17(29-20)14-9-13(12-4-3-5-16(28)18(12)21)26-19(27-14)15-10-22-7-8-23-15/h3-5,7-11,28H,2,6H2,1H3,(H,24,25). The Morgan fingerprint density at radius 2 is 1.93 bits per heavy atom. The fourth-order valence-electron chi connectivity index (χ4n) is 2.66. The van der Waals surface area contributed by atoms with Crippen molar-refractivity contribution >= 4 is 32.4 Å². The second kappa shape index (κ2) is 8.62. The van der Waals surface area contributed by atoms with Crippen molar-refractivity contribution < 1.29 is 5.11 Å². The Bertz CT molecular complexity index is 1140. The van der Waals surface area contributed by atoms with Gasteiger partial charge < -0.3 is 10.4 Å². The maximum absolute atomic E-state index is 10.1. The van der Waals surface area contributed by atoms with Crippen LogP contribution in [0.3, 0.4) is 0 Å². The van der Waals surface area contributed by atoms with Crippen LogP contribution >= 0.6 is 27.3 Å². The zero-order valence-electron chi connectivity index (χ0n) is 15.5. The van der Waals surface area contributed by atoms with E-state index in [0.29, 0.717) is 21.7 Å². The lowest BCUT2D eigenvalue weighted by molar-refractivity contribution is 0.472. The third kappa shape index (κ3) is 4.25. The molecule has 0 bridgehead atoms. The van der Waals surface area contributed by atoms with E-state index >= 15 is 0 Å². The van der Waals surface area contributed by atoms with Crippen LogP contribution in [0.5, 0.6) is 5.75 Å². The predicted octanol–water partition coefficient (Wildman–Crippen LogP) is 5.01. The number of halogens is 1. The molecule has 0 amide bonds. The molecule has 0 radical (unpaired) electrons. The Kier molecular flexibility index (Phi) is 5.77. The van der Waals surface area contributed by atoms with E-state index in [1.807, 2.05) is 12.1 Å². The van der Waals surface area contributed by atoms with E-state index in [0.717, 1.165) is 34.2 Å². The van der Waals surface area contributed by atoms with Crippen molar-refractivity contribution in [3.05, 3.63) is 53.5 Å². The minimum atomic E-state index is 0.146. The maximum atomic E-state index is 10.1. The van der Waals surface area contributed by atoms with Crippen LogP contribution in [-0.2, 0) is 0 Å². The Labute approximate surface area is 180 Å². The molecule has 4 aromatic rings. The van der Waals surface area contributed by atoms with Gasteiger partial charge in [-0.2, -0.15) is 0 Å². The SMILES string of the molecule is CCCNc1ncc(-c2cc(-c3cccc(O)c3Br)nc(-c3cnccn3)n2)s1. The van der Waals surface area contributed by atoms with E-state index in [1.54, 1.807) is 36.9 Å². The molecule has 0 aliphatic carbocycles. The Morgan fingerprint density at radius 3 is 2.72 bits per heavy atom. The van der Waals surface area contributed by atoms with Crippen LogP contribution in [0.2, 0.25) is 0 Å². The molecule has 9 heteroatoms. The summed E-state index contributed by atoms with van der Waals surface area (Å²) in [4.78, 5) is 23.2. The second-order valence-corrected chi connectivity index (χ2v) is 7.97. The summed E-state index contributed by atoms with van der Waals surface area (Å²) in [6, 6.07) is 7.17. The summed E-state index contributed by atoms with van der Waals surface area (Å²) in [5, 5.41) is 14.2. The first-order valence-electron chi connectivity index (χ1n) is 8.99. The predicted molar refractivity (Wildman–Crippen MR) is 118 cm³/mol. The largest absolute Gasteiger partial charge is 0.507 e. The maximum Gasteiger partial charge on any atom is 0.183 e. The van der Waals surface area contributed by atoms with Crippen molar-refractivity contribution in [2.45, 2.75) is 13.3 Å². The highest BCUT2D eigenvalue weighted by Gasteiger charge is 2.16. The third-order valence-corrected chi connectivity index (χ3v) is 5.87. The molecule has 0 aliphatic heterocycles. The van der Waals surface area contributed by atoms with Crippen molar-refractivity contribution in [3.63, 3.8) is 0 Å². The summed E-state index contributed by atoms with van der Waals surface area (Å²) < 4.78 is 0.573. The molecular weight excluding hydrogens is 452 g/mol. The van der Waals surface area contributed by atoms with E-state index in [4.69, 9.17) is 4.98 Å². The van der Waals surface area contributed by atoms with Crippen LogP contribution in [0.4, 0.5) is 5.13 Å². The number of nitrogens with zero attached hydrogens (tertiary/aromatic N) is 5. The number of benzene rings is 1. The first-order chi connectivity index (χ1) is 14.2. The van der Waals surface area contributed by atoms with Gasteiger partial charge in [-0.3, -0.25) is 4.98 Å². The summed E-state index contributed by atoms with van der Waals surface area (Å²) in [6.07, 6.45) is 7.66. The van der Waals surface area contributed by atoms with Gasteiger partial charge in [0.1, 0.15) is 11.4 Å². The van der Waals surface area contributed by atoms with Crippen LogP contribution < -0.4 is 5.32 Å². The fourth-order valence-corrected chi connectivity index (χ4v) is 3.93. The molecule has 0 saturated heterocycles. The molecule has 2 N–H and O–H groups in total. The Hall–Kier alpha value is -2.91. The smallest absolute Gasteiger partial charge is 0.183 e. The van der Waals surface area contributed by atoms with Gasteiger partial charge in [0, 0.05) is 30.7 Å². The minimum Gasteiger partial charge on any atom is -0.507 e. The van der Waals surface area contributed by atoms with Gasteiger partial charge in [-0.05, 0) is 34.5 Å². The zero-order chi connectivity index (χ0) is 20.2. The fraction of sp³-hybridized carbons (Fsp3) is 0.150. The van der Waals surface area contributed by atoms with E-state index < -0.39 is 0 Å². The molecule has 0 fully saturated rings. The number of hydrogen-bond acceptors (Lipinski definition) is 8. The van der Waals surface area contributed by atoms with Crippen LogP contribution in [0.1, 0.15) is 13.3 Å². The highest BCUT2D eigenvalue weighted by molar-refractivity contribution is 9.10. The van der Waals surface area contributed by atoms with E-state index in [9.17, 15) is 5.11 Å². The number of aromatic nitrogens is 5. The molecule has 0 spiro atoms. The number of hydrogen-bond donors (Lipinski definition) is 2. The molecule has 0 atom stereocenters. The van der Waals surface area contributed by atoms with Crippen LogP contribution in [-0.4, -0.2) is 36.6 Å². The second-order valence-electron chi connectivity index (χ2n) is 6.15. The number of thiazole rings is 1. The van der Waals surface area contributed by atoms with Crippen LogP contribution in [0.25, 0.3) is 33.3 Å². The zero-order valence-corrected chi connectivity index (χ0v) is 17.9. The molecule has 3 aromatic heterocycles. The topological polar surface area (TPSA) is 96.7 Å². The number of phenols is 1. The van der Waals surface area contributed by atoms with Crippen LogP contribution in [0.15, 0.2) is 53.5 Å². The van der Waals surface area contributed by atoms with Crippen molar-refractivity contribution in [2.24, 2.45) is 0 Å². The highest BCUT2D eigenvalue weighted by atomic mass is 79.9. The lowest BCUT2D eigenvalue weighted by atomic mass is 10.1. The quantitative estimate of drug-likeness (QED) is 0.410. The van der Waals surface area contributed by atoms with Gasteiger partial charge in [-0.1, -0.05) is 30.4 Å². The van der Waals surface area contributed by atoms with Crippen molar-refractivity contribution in [1.82, 2.24) is 24.9 Å². The Morgan fingerprint density at radius 1 is 1.07 bits per heavy atom. The summed E-state index contributed by atoms with van der Waals surface area (Å²) >= 11 is 4.98. The molecule has 0 saturated carbocycles. The summed E-state index contributed by atoms with van der Waals surface area (Å²) in [7, 11) is 0. The minimum absolute atomic E-state index is 0.146. The van der Waals surface area contributed by atoms with Crippen LogP contribution in [0, 0.1) is 0 Å². The van der Waals surface area contributed by atoms with Gasteiger partial charge >= 0.3 is 0 Å². The molecular formula is C20H17BrN6OS. The van der Waals surface area contributed by atoms with Gasteiger partial charge in [0.25, 0.3) is 0 Å². The van der Waals surface area contributed by atoms with Gasteiger partial charge in [0.05, 0.1) is 26.9 Å². The summed E-state index contributed by atoms with van der Waals surface area (Å²) in [5.41, 5.74) is 2.72. The van der Waals surface area contributed by atoms with E-state index in [-0.39, 0.29) is 5.75 Å². The van der Waals surface area contributed by atoms with Gasteiger partial charge in [0.2, 0.25) is 0 Å². The summed E-state index contributed by atoms with van der Waals surface area (Å²) in [6.45, 7) is 2.97. The molecule has 3 heterocycles. The normalized spacial score (nSPS) is 10.8. The van der Waals surface area contributed by atoms with Gasteiger partial charge in [0.15, 0.2) is 11.0 Å². The average molecular weight is 469 g/mol. The number of phenolic OH excluding ortho intramolecular Hbond substituents is 1. The van der Waals surface area contributed by atoms with Crippen molar-refractivity contribution in [3.8, 4) is 39.1 Å².